The van der Waals surface area contributed by atoms with Gasteiger partial charge in [0.2, 0.25) is 0 Å². The summed E-state index contributed by atoms with van der Waals surface area (Å²) in [6.07, 6.45) is 2.26. The molecule has 0 amide bonds. The van der Waals surface area contributed by atoms with E-state index in [2.05, 4.69) is 25.6 Å². The molecule has 0 spiro atoms. The van der Waals surface area contributed by atoms with Crippen molar-refractivity contribution >= 4 is 23.1 Å². The normalized spacial score (nSPS) is 20.2. The van der Waals surface area contributed by atoms with Crippen molar-refractivity contribution in [1.29, 1.82) is 0 Å². The largest absolute Gasteiger partial charge is 0.380 e. The molecule has 0 saturated carbocycles. The molecule has 7 heteroatoms. The first-order chi connectivity index (χ1) is 9.74. The number of anilines is 1. The van der Waals surface area contributed by atoms with Crippen molar-refractivity contribution < 1.29 is 4.39 Å². The molecule has 2 aliphatic heterocycles. The van der Waals surface area contributed by atoms with E-state index in [1.54, 1.807) is 12.1 Å². The van der Waals surface area contributed by atoms with Crippen LogP contribution in [0.15, 0.2) is 39.6 Å². The van der Waals surface area contributed by atoms with Gasteiger partial charge in [-0.1, -0.05) is 6.07 Å². The SMILES string of the molecule is NC1=NN=C(N2CCCC2)/C1=N\Nc1cccc(F)c1. The molecule has 0 aliphatic carbocycles. The number of amidine groups is 2. The zero-order valence-electron chi connectivity index (χ0n) is 10.9. The second kappa shape index (κ2) is 5.28. The van der Waals surface area contributed by atoms with Gasteiger partial charge in [-0.25, -0.2) is 4.39 Å². The topological polar surface area (TPSA) is 78.4 Å². The van der Waals surface area contributed by atoms with Crippen LogP contribution in [0.4, 0.5) is 10.1 Å². The number of nitrogens with two attached hydrogens (primary N) is 1. The van der Waals surface area contributed by atoms with Crippen molar-refractivity contribution in [2.24, 2.45) is 21.0 Å². The van der Waals surface area contributed by atoms with Gasteiger partial charge in [0.1, 0.15) is 5.82 Å². The van der Waals surface area contributed by atoms with Crippen LogP contribution in [0, 0.1) is 5.82 Å². The van der Waals surface area contributed by atoms with E-state index in [-0.39, 0.29) is 11.7 Å². The van der Waals surface area contributed by atoms with E-state index in [1.807, 2.05) is 0 Å². The van der Waals surface area contributed by atoms with Crippen molar-refractivity contribution in [3.8, 4) is 0 Å². The summed E-state index contributed by atoms with van der Waals surface area (Å²) in [5.41, 5.74) is 9.65. The first kappa shape index (κ1) is 12.6. The molecule has 2 aliphatic rings. The number of hydrogen-bond donors (Lipinski definition) is 2. The number of hydrazone groups is 1. The summed E-state index contributed by atoms with van der Waals surface area (Å²) in [5.74, 6) is 0.636. The van der Waals surface area contributed by atoms with Gasteiger partial charge in [0.25, 0.3) is 0 Å². The van der Waals surface area contributed by atoms with Crippen LogP contribution in [-0.2, 0) is 0 Å². The molecule has 0 bridgehead atoms. The number of nitrogens with zero attached hydrogens (tertiary/aromatic N) is 4. The van der Waals surface area contributed by atoms with E-state index in [0.29, 0.717) is 17.2 Å². The Morgan fingerprint density at radius 2 is 2.05 bits per heavy atom. The molecule has 1 aromatic carbocycles. The second-order valence-electron chi connectivity index (χ2n) is 4.69. The van der Waals surface area contributed by atoms with Crippen LogP contribution in [0.3, 0.4) is 0 Å². The van der Waals surface area contributed by atoms with Gasteiger partial charge >= 0.3 is 0 Å². The molecule has 6 nitrogen and oxygen atoms in total. The van der Waals surface area contributed by atoms with Crippen LogP contribution in [-0.4, -0.2) is 35.4 Å². The minimum Gasteiger partial charge on any atom is -0.380 e. The Morgan fingerprint density at radius 1 is 1.25 bits per heavy atom. The monoisotopic (exact) mass is 274 g/mol. The number of halogens is 1. The Balaban J connectivity index is 1.78. The molecule has 3 rings (SSSR count). The first-order valence-corrected chi connectivity index (χ1v) is 6.50. The lowest BCUT2D eigenvalue weighted by Gasteiger charge is -2.16. The summed E-state index contributed by atoms with van der Waals surface area (Å²) in [6, 6.07) is 6.07. The molecule has 0 radical (unpaired) electrons. The summed E-state index contributed by atoms with van der Waals surface area (Å²) in [5, 5.41) is 12.2. The molecule has 1 aromatic rings. The van der Waals surface area contributed by atoms with E-state index >= 15 is 0 Å². The van der Waals surface area contributed by atoms with Crippen LogP contribution in [0.5, 0.6) is 0 Å². The number of nitrogens with one attached hydrogen (secondary N) is 1. The van der Waals surface area contributed by atoms with Gasteiger partial charge in [0, 0.05) is 13.1 Å². The molecule has 104 valence electrons. The molecule has 3 N–H and O–H groups in total. The lowest BCUT2D eigenvalue weighted by molar-refractivity contribution is 0.525. The van der Waals surface area contributed by atoms with Crippen LogP contribution in [0.25, 0.3) is 0 Å². The summed E-state index contributed by atoms with van der Waals surface area (Å²) in [6.45, 7) is 1.86. The molecule has 1 saturated heterocycles. The van der Waals surface area contributed by atoms with Crippen molar-refractivity contribution in [3.05, 3.63) is 30.1 Å². The molecular weight excluding hydrogens is 259 g/mol. The number of likely N-dealkylation sites (tertiary alicyclic amines) is 1. The molecule has 0 unspecified atom stereocenters. The van der Waals surface area contributed by atoms with E-state index in [4.69, 9.17) is 5.73 Å². The third-order valence-corrected chi connectivity index (χ3v) is 3.23. The Hall–Kier alpha value is -2.44. The quantitative estimate of drug-likeness (QED) is 0.800. The highest BCUT2D eigenvalue weighted by Crippen LogP contribution is 2.13. The van der Waals surface area contributed by atoms with Gasteiger partial charge in [0.05, 0.1) is 5.69 Å². The summed E-state index contributed by atoms with van der Waals surface area (Å²) in [7, 11) is 0. The minimum absolute atomic E-state index is 0.274. The summed E-state index contributed by atoms with van der Waals surface area (Å²) < 4.78 is 13.1. The fraction of sp³-hybridized carbons (Fsp3) is 0.308. The molecule has 20 heavy (non-hydrogen) atoms. The fourth-order valence-electron chi connectivity index (χ4n) is 2.24. The maximum absolute atomic E-state index is 13.1. The average molecular weight is 274 g/mol. The van der Waals surface area contributed by atoms with Crippen LogP contribution in [0.1, 0.15) is 12.8 Å². The van der Waals surface area contributed by atoms with E-state index < -0.39 is 0 Å². The zero-order chi connectivity index (χ0) is 13.9. The minimum atomic E-state index is -0.323. The maximum Gasteiger partial charge on any atom is 0.183 e. The molecular formula is C13H15FN6. The number of benzene rings is 1. The zero-order valence-corrected chi connectivity index (χ0v) is 10.9. The Morgan fingerprint density at radius 3 is 2.80 bits per heavy atom. The lowest BCUT2D eigenvalue weighted by atomic mass is 10.3. The molecule has 0 aromatic heterocycles. The highest BCUT2D eigenvalue weighted by Gasteiger charge is 2.27. The maximum atomic E-state index is 13.1. The highest BCUT2D eigenvalue weighted by atomic mass is 19.1. The van der Waals surface area contributed by atoms with Crippen LogP contribution < -0.4 is 11.2 Å². The molecule has 0 atom stereocenters. The number of hydrogen-bond acceptors (Lipinski definition) is 6. The van der Waals surface area contributed by atoms with Crippen molar-refractivity contribution in [3.63, 3.8) is 0 Å². The third kappa shape index (κ3) is 2.47. The van der Waals surface area contributed by atoms with E-state index in [0.717, 1.165) is 25.9 Å². The predicted octanol–water partition coefficient (Wildman–Crippen LogP) is 1.37. The van der Waals surface area contributed by atoms with Crippen molar-refractivity contribution in [2.75, 3.05) is 18.5 Å². The lowest BCUT2D eigenvalue weighted by Crippen LogP contribution is -2.38. The molecule has 2 heterocycles. The summed E-state index contributed by atoms with van der Waals surface area (Å²) >= 11 is 0. The third-order valence-electron chi connectivity index (χ3n) is 3.23. The van der Waals surface area contributed by atoms with Gasteiger partial charge in [-0.15, -0.1) is 10.2 Å². The van der Waals surface area contributed by atoms with Crippen LogP contribution >= 0.6 is 0 Å². The van der Waals surface area contributed by atoms with Gasteiger partial charge < -0.3 is 10.6 Å². The molecule has 1 fully saturated rings. The highest BCUT2D eigenvalue weighted by molar-refractivity contribution is 6.68. The van der Waals surface area contributed by atoms with Crippen LogP contribution in [0.2, 0.25) is 0 Å². The number of rotatable bonds is 2. The fourth-order valence-corrected chi connectivity index (χ4v) is 2.24. The average Bonchev–Trinajstić information content (AvgIpc) is 3.06. The van der Waals surface area contributed by atoms with Gasteiger partial charge in [-0.2, -0.15) is 5.10 Å². The smallest absolute Gasteiger partial charge is 0.183 e. The Bertz CT molecular complexity index is 601. The van der Waals surface area contributed by atoms with Gasteiger partial charge in [-0.05, 0) is 31.0 Å². The van der Waals surface area contributed by atoms with E-state index in [9.17, 15) is 4.39 Å². The Kier molecular flexibility index (Phi) is 3.32. The Labute approximate surface area is 115 Å². The summed E-state index contributed by atoms with van der Waals surface area (Å²) in [4.78, 5) is 2.11. The van der Waals surface area contributed by atoms with Gasteiger partial charge in [0.15, 0.2) is 17.4 Å². The predicted molar refractivity (Wildman–Crippen MR) is 77.3 cm³/mol. The standard InChI is InChI=1S/C13H15FN6/c14-9-4-3-5-10(8-9)16-17-11-12(15)18-19-13(11)20-6-1-2-7-20/h3-5,8,16H,1-2,6-7H2,(H2,15,17,18). The van der Waals surface area contributed by atoms with Crippen molar-refractivity contribution in [1.82, 2.24) is 4.90 Å². The first-order valence-electron chi connectivity index (χ1n) is 6.50. The second-order valence-corrected chi connectivity index (χ2v) is 4.69. The van der Waals surface area contributed by atoms with Gasteiger partial charge in [-0.3, -0.25) is 5.43 Å². The van der Waals surface area contributed by atoms with Crippen molar-refractivity contribution in [2.45, 2.75) is 12.8 Å². The van der Waals surface area contributed by atoms with E-state index in [1.165, 1.54) is 12.1 Å².